The van der Waals surface area contributed by atoms with Crippen LogP contribution in [-0.4, -0.2) is 19.0 Å². The van der Waals surface area contributed by atoms with Gasteiger partial charge in [-0.15, -0.1) is 0 Å². The summed E-state index contributed by atoms with van der Waals surface area (Å²) in [4.78, 5) is 0. The zero-order valence-electron chi connectivity index (χ0n) is 9.95. The van der Waals surface area contributed by atoms with Gasteiger partial charge in [0.15, 0.2) is 6.29 Å². The Hall–Kier alpha value is -0.0800. The zero-order chi connectivity index (χ0) is 10.6. The van der Waals surface area contributed by atoms with Gasteiger partial charge in [0, 0.05) is 6.42 Å². The zero-order valence-corrected chi connectivity index (χ0v) is 9.95. The van der Waals surface area contributed by atoms with Crippen molar-refractivity contribution in [1.82, 2.24) is 0 Å². The van der Waals surface area contributed by atoms with Crippen LogP contribution >= 0.6 is 0 Å². The quantitative estimate of drug-likeness (QED) is 0.678. The molecular formula is C12H24O2. The van der Waals surface area contributed by atoms with Crippen molar-refractivity contribution in [2.24, 2.45) is 11.8 Å². The second-order valence-electron chi connectivity index (χ2n) is 5.02. The van der Waals surface area contributed by atoms with Crippen molar-refractivity contribution in [2.75, 3.05) is 6.61 Å². The highest BCUT2D eigenvalue weighted by molar-refractivity contribution is 4.64. The highest BCUT2D eigenvalue weighted by Gasteiger charge is 2.23. The Labute approximate surface area is 88.0 Å². The molecule has 1 rings (SSSR count). The van der Waals surface area contributed by atoms with Crippen LogP contribution in [0.15, 0.2) is 0 Å². The van der Waals surface area contributed by atoms with Gasteiger partial charge in [-0.05, 0) is 18.8 Å². The van der Waals surface area contributed by atoms with E-state index in [-0.39, 0.29) is 12.4 Å². The van der Waals surface area contributed by atoms with Gasteiger partial charge in [-0.2, -0.15) is 0 Å². The summed E-state index contributed by atoms with van der Waals surface area (Å²) in [6.07, 6.45) is 4.00. The van der Waals surface area contributed by atoms with Gasteiger partial charge < -0.3 is 9.47 Å². The number of ether oxygens (including phenoxy) is 2. The Morgan fingerprint density at radius 3 is 2.43 bits per heavy atom. The molecule has 3 unspecified atom stereocenters. The lowest BCUT2D eigenvalue weighted by Gasteiger charge is -2.16. The second kappa shape index (κ2) is 5.72. The SMILES string of the molecule is CC(C)CCC(C)CC1OCC(C)O1. The van der Waals surface area contributed by atoms with E-state index in [4.69, 9.17) is 9.47 Å². The van der Waals surface area contributed by atoms with Crippen LogP contribution in [0.5, 0.6) is 0 Å². The number of hydrogen-bond acceptors (Lipinski definition) is 2. The van der Waals surface area contributed by atoms with Crippen molar-refractivity contribution in [3.8, 4) is 0 Å². The minimum Gasteiger partial charge on any atom is -0.350 e. The third-order valence-corrected chi connectivity index (χ3v) is 2.73. The van der Waals surface area contributed by atoms with Crippen LogP contribution in [0, 0.1) is 11.8 Å². The van der Waals surface area contributed by atoms with E-state index in [9.17, 15) is 0 Å². The molecule has 1 aliphatic heterocycles. The normalized spacial score (nSPS) is 29.8. The predicted molar refractivity (Wildman–Crippen MR) is 58.1 cm³/mol. The summed E-state index contributed by atoms with van der Waals surface area (Å²) in [5.74, 6) is 1.52. The first-order valence-corrected chi connectivity index (χ1v) is 5.85. The summed E-state index contributed by atoms with van der Waals surface area (Å²) in [7, 11) is 0. The van der Waals surface area contributed by atoms with Crippen LogP contribution in [0.4, 0.5) is 0 Å². The molecule has 1 fully saturated rings. The van der Waals surface area contributed by atoms with Crippen LogP contribution in [0.3, 0.4) is 0 Å². The Morgan fingerprint density at radius 1 is 1.21 bits per heavy atom. The smallest absolute Gasteiger partial charge is 0.158 e. The van der Waals surface area contributed by atoms with Crippen molar-refractivity contribution >= 4 is 0 Å². The second-order valence-corrected chi connectivity index (χ2v) is 5.02. The molecule has 0 spiro atoms. The Balaban J connectivity index is 2.10. The summed E-state index contributed by atoms with van der Waals surface area (Å²) in [6, 6.07) is 0. The van der Waals surface area contributed by atoms with Crippen molar-refractivity contribution in [1.29, 1.82) is 0 Å². The molecule has 0 amide bonds. The van der Waals surface area contributed by atoms with Gasteiger partial charge in [0.25, 0.3) is 0 Å². The largest absolute Gasteiger partial charge is 0.350 e. The summed E-state index contributed by atoms with van der Waals surface area (Å²) in [5, 5.41) is 0. The average molecular weight is 200 g/mol. The van der Waals surface area contributed by atoms with E-state index in [0.29, 0.717) is 5.92 Å². The molecule has 0 radical (unpaired) electrons. The van der Waals surface area contributed by atoms with Crippen molar-refractivity contribution in [3.63, 3.8) is 0 Å². The highest BCUT2D eigenvalue weighted by Crippen LogP contribution is 2.22. The van der Waals surface area contributed by atoms with Crippen LogP contribution in [-0.2, 0) is 9.47 Å². The minimum atomic E-state index is 0.0622. The van der Waals surface area contributed by atoms with E-state index in [1.54, 1.807) is 0 Å². The van der Waals surface area contributed by atoms with Crippen LogP contribution < -0.4 is 0 Å². The molecule has 0 aromatic heterocycles. The first kappa shape index (κ1) is 12.0. The summed E-state index contributed by atoms with van der Waals surface area (Å²) < 4.78 is 11.1. The third kappa shape index (κ3) is 4.43. The van der Waals surface area contributed by atoms with E-state index in [0.717, 1.165) is 18.9 Å². The molecule has 0 aliphatic carbocycles. The third-order valence-electron chi connectivity index (χ3n) is 2.73. The molecule has 1 heterocycles. The van der Waals surface area contributed by atoms with Crippen molar-refractivity contribution < 1.29 is 9.47 Å². The molecule has 0 aromatic carbocycles. The Kier molecular flexibility index (Phi) is 4.90. The summed E-state index contributed by atoms with van der Waals surface area (Å²) >= 11 is 0. The van der Waals surface area contributed by atoms with Gasteiger partial charge in [0.1, 0.15) is 0 Å². The molecular weight excluding hydrogens is 176 g/mol. The first-order chi connectivity index (χ1) is 6.58. The van der Waals surface area contributed by atoms with Gasteiger partial charge in [0.05, 0.1) is 12.7 Å². The van der Waals surface area contributed by atoms with E-state index in [1.165, 1.54) is 12.8 Å². The van der Waals surface area contributed by atoms with Gasteiger partial charge in [0.2, 0.25) is 0 Å². The maximum absolute atomic E-state index is 5.62. The average Bonchev–Trinajstić information content (AvgIpc) is 2.48. The van der Waals surface area contributed by atoms with Gasteiger partial charge in [-0.3, -0.25) is 0 Å². The standard InChI is InChI=1S/C12H24O2/c1-9(2)5-6-10(3)7-12-13-8-11(4)14-12/h9-12H,5-8H2,1-4H3. The number of rotatable bonds is 5. The molecule has 1 saturated heterocycles. The summed E-state index contributed by atoms with van der Waals surface area (Å²) in [5.41, 5.74) is 0. The van der Waals surface area contributed by atoms with Crippen LogP contribution in [0.1, 0.15) is 47.0 Å². The fourth-order valence-corrected chi connectivity index (χ4v) is 1.77. The molecule has 84 valence electrons. The van der Waals surface area contributed by atoms with E-state index in [2.05, 4.69) is 27.7 Å². The molecule has 1 aliphatic rings. The minimum absolute atomic E-state index is 0.0622. The van der Waals surface area contributed by atoms with E-state index < -0.39 is 0 Å². The van der Waals surface area contributed by atoms with Crippen molar-refractivity contribution in [3.05, 3.63) is 0 Å². The fraction of sp³-hybridized carbons (Fsp3) is 1.00. The fourth-order valence-electron chi connectivity index (χ4n) is 1.77. The number of hydrogen-bond donors (Lipinski definition) is 0. The van der Waals surface area contributed by atoms with Crippen LogP contribution in [0.2, 0.25) is 0 Å². The monoisotopic (exact) mass is 200 g/mol. The molecule has 3 atom stereocenters. The predicted octanol–water partition coefficient (Wildman–Crippen LogP) is 3.21. The Morgan fingerprint density at radius 2 is 1.93 bits per heavy atom. The first-order valence-electron chi connectivity index (χ1n) is 5.85. The lowest BCUT2D eigenvalue weighted by molar-refractivity contribution is -0.0682. The van der Waals surface area contributed by atoms with Gasteiger partial charge >= 0.3 is 0 Å². The molecule has 0 aromatic rings. The summed E-state index contributed by atoms with van der Waals surface area (Å²) in [6.45, 7) is 9.67. The van der Waals surface area contributed by atoms with Crippen LogP contribution in [0.25, 0.3) is 0 Å². The van der Waals surface area contributed by atoms with Gasteiger partial charge in [-0.25, -0.2) is 0 Å². The maximum atomic E-state index is 5.62. The topological polar surface area (TPSA) is 18.5 Å². The molecule has 0 saturated carbocycles. The van der Waals surface area contributed by atoms with Gasteiger partial charge in [-0.1, -0.05) is 33.6 Å². The van der Waals surface area contributed by atoms with E-state index in [1.807, 2.05) is 0 Å². The lowest BCUT2D eigenvalue weighted by atomic mass is 9.97. The molecule has 0 N–H and O–H groups in total. The maximum Gasteiger partial charge on any atom is 0.158 e. The molecule has 14 heavy (non-hydrogen) atoms. The van der Waals surface area contributed by atoms with E-state index >= 15 is 0 Å². The molecule has 2 nitrogen and oxygen atoms in total. The molecule has 2 heteroatoms. The molecule has 0 bridgehead atoms. The highest BCUT2D eigenvalue weighted by atomic mass is 16.7. The Bertz CT molecular complexity index is 156. The lowest BCUT2D eigenvalue weighted by Crippen LogP contribution is -2.14. The van der Waals surface area contributed by atoms with Crippen molar-refractivity contribution in [2.45, 2.75) is 59.4 Å².